The van der Waals surface area contributed by atoms with Crippen LogP contribution in [0.2, 0.25) is 0 Å². The number of carbonyl (C=O) groups excluding carboxylic acids is 2. The third kappa shape index (κ3) is 7.31. The van der Waals surface area contributed by atoms with Gasteiger partial charge in [-0.05, 0) is 30.0 Å². The highest BCUT2D eigenvalue weighted by Gasteiger charge is 2.48. The lowest BCUT2D eigenvalue weighted by Crippen LogP contribution is -2.49. The highest BCUT2D eigenvalue weighted by molar-refractivity contribution is 5.80. The van der Waals surface area contributed by atoms with Gasteiger partial charge in [0, 0.05) is 63.9 Å². The monoisotopic (exact) mass is 543 g/mol. The summed E-state index contributed by atoms with van der Waals surface area (Å²) in [7, 11) is 6.47. The molecule has 0 aliphatic carbocycles. The normalized spacial score (nSPS) is 23.2. The minimum atomic E-state index is -0.867. The number of aliphatic carboxylic acids is 1. The molecular weight excluding hydrogens is 496 g/mol. The highest BCUT2D eigenvalue weighted by atomic mass is 16.5. The Morgan fingerprint density at radius 1 is 1.15 bits per heavy atom. The molecule has 0 saturated carbocycles. The van der Waals surface area contributed by atoms with E-state index in [4.69, 9.17) is 4.74 Å². The molecule has 3 aliphatic rings. The molecule has 0 aromatic heterocycles. The zero-order valence-corrected chi connectivity index (χ0v) is 24.2. The molecule has 0 radical (unpaired) electrons. The summed E-state index contributed by atoms with van der Waals surface area (Å²) in [5, 5.41) is 10.5. The maximum atomic E-state index is 13.7. The largest absolute Gasteiger partial charge is 0.493 e. The molecule has 0 bridgehead atoms. The number of ether oxygens (including phenoxy) is 1. The van der Waals surface area contributed by atoms with Crippen molar-refractivity contribution in [2.45, 2.75) is 57.4 Å². The van der Waals surface area contributed by atoms with Crippen LogP contribution in [-0.4, -0.2) is 122 Å². The van der Waals surface area contributed by atoms with Crippen molar-refractivity contribution in [1.29, 1.82) is 0 Å². The zero-order valence-electron chi connectivity index (χ0n) is 24.2. The summed E-state index contributed by atoms with van der Waals surface area (Å²) >= 11 is 0. The number of carboxylic acid groups (broad SMARTS) is 1. The number of amides is 2. The van der Waals surface area contributed by atoms with Crippen LogP contribution in [0.15, 0.2) is 18.2 Å². The van der Waals surface area contributed by atoms with Gasteiger partial charge in [0.05, 0.1) is 46.8 Å². The number of hydrogen-bond donors (Lipinski definition) is 1. The van der Waals surface area contributed by atoms with Gasteiger partial charge >= 0.3 is 5.97 Å². The fourth-order valence-corrected chi connectivity index (χ4v) is 6.34. The van der Waals surface area contributed by atoms with E-state index in [2.05, 4.69) is 39.0 Å². The van der Waals surface area contributed by atoms with Crippen LogP contribution in [0, 0.1) is 5.92 Å². The number of hydrogen-bond acceptors (Lipinski definition) is 5. The molecular formula is C30H47N4O5+. The number of unbranched alkanes of at least 4 members (excludes halogenated alkanes) is 1. The fraction of sp³-hybridized carbons (Fsp3) is 0.700. The van der Waals surface area contributed by atoms with Crippen molar-refractivity contribution in [2.24, 2.45) is 5.92 Å². The van der Waals surface area contributed by atoms with Crippen molar-refractivity contribution in [3.8, 4) is 5.75 Å². The Kier molecular flexibility index (Phi) is 9.54. The van der Waals surface area contributed by atoms with Gasteiger partial charge in [-0.25, -0.2) is 0 Å². The van der Waals surface area contributed by atoms with Gasteiger partial charge in [0.25, 0.3) is 0 Å². The number of fused-ring (bicyclic) bond motifs is 1. The van der Waals surface area contributed by atoms with Gasteiger partial charge in [-0.3, -0.25) is 19.3 Å². The van der Waals surface area contributed by atoms with E-state index < -0.39 is 17.9 Å². The Balaban J connectivity index is 1.57. The molecule has 1 aromatic carbocycles. The Morgan fingerprint density at radius 2 is 1.92 bits per heavy atom. The minimum Gasteiger partial charge on any atom is -0.493 e. The Morgan fingerprint density at radius 3 is 2.59 bits per heavy atom. The summed E-state index contributed by atoms with van der Waals surface area (Å²) in [6.45, 7) is 6.83. The van der Waals surface area contributed by atoms with Crippen LogP contribution in [0.1, 0.15) is 56.1 Å². The molecule has 0 spiro atoms. The van der Waals surface area contributed by atoms with Gasteiger partial charge in [-0.1, -0.05) is 25.5 Å². The smallest absolute Gasteiger partial charge is 0.308 e. The van der Waals surface area contributed by atoms with E-state index in [1.807, 2.05) is 17.0 Å². The molecule has 9 nitrogen and oxygen atoms in total. The topological polar surface area (TPSA) is 90.4 Å². The summed E-state index contributed by atoms with van der Waals surface area (Å²) in [6.07, 6.45) is 5.00. The first-order valence-electron chi connectivity index (χ1n) is 14.7. The number of nitrogens with zero attached hydrogens (tertiary/aromatic N) is 4. The second-order valence-electron chi connectivity index (χ2n) is 12.5. The number of carbonyl (C=O) groups is 3. The molecule has 4 rings (SSSR count). The number of likely N-dealkylation sites (tertiary alicyclic amines) is 2. The van der Waals surface area contributed by atoms with Gasteiger partial charge in [0.1, 0.15) is 5.75 Å². The van der Waals surface area contributed by atoms with Crippen molar-refractivity contribution in [3.63, 3.8) is 0 Å². The summed E-state index contributed by atoms with van der Waals surface area (Å²) in [5.74, 6) is -0.826. The second-order valence-corrected chi connectivity index (χ2v) is 12.5. The number of rotatable bonds is 13. The lowest BCUT2D eigenvalue weighted by molar-refractivity contribution is -0.870. The molecule has 9 heteroatoms. The standard InChI is InChI=1S/C30H46N4O5/c1-5-6-13-31(15-8-16-34(2,3)4)28(36)21-33-19-24(22-10-11-26-23(18-22)12-17-39-26)29(30(37)38)25(33)20-32-14-7-9-27(32)35/h10-11,18,24-25,29H,5-9,12-17,19-21H2,1-4H3/p+1. The van der Waals surface area contributed by atoms with Gasteiger partial charge < -0.3 is 24.1 Å². The second kappa shape index (κ2) is 12.7. The van der Waals surface area contributed by atoms with Crippen LogP contribution in [0.5, 0.6) is 5.75 Å². The first-order chi connectivity index (χ1) is 18.6. The van der Waals surface area contributed by atoms with Crippen molar-refractivity contribution >= 4 is 17.8 Å². The molecule has 216 valence electrons. The van der Waals surface area contributed by atoms with E-state index in [1.165, 1.54) is 0 Å². The predicted molar refractivity (Wildman–Crippen MR) is 150 cm³/mol. The van der Waals surface area contributed by atoms with Crippen molar-refractivity contribution < 1.29 is 28.7 Å². The number of carboxylic acids is 1. The lowest BCUT2D eigenvalue weighted by atomic mass is 9.84. The Bertz CT molecular complexity index is 1040. The van der Waals surface area contributed by atoms with E-state index >= 15 is 0 Å². The van der Waals surface area contributed by atoms with Crippen molar-refractivity contribution in [1.82, 2.24) is 14.7 Å². The Hall–Kier alpha value is -2.65. The summed E-state index contributed by atoms with van der Waals surface area (Å²) in [6, 6.07) is 5.60. The van der Waals surface area contributed by atoms with Crippen LogP contribution in [0.4, 0.5) is 0 Å². The highest BCUT2D eigenvalue weighted by Crippen LogP contribution is 2.40. The molecule has 39 heavy (non-hydrogen) atoms. The van der Waals surface area contributed by atoms with Crippen molar-refractivity contribution in [2.75, 3.05) is 73.6 Å². The molecule has 3 heterocycles. The SMILES string of the molecule is CCCCN(CCC[N+](C)(C)C)C(=O)CN1CC(c2ccc3c(c2)CCO3)C(C(=O)O)C1CN1CCCC1=O. The maximum Gasteiger partial charge on any atom is 0.308 e. The van der Waals surface area contributed by atoms with Crippen LogP contribution in [0.3, 0.4) is 0 Å². The van der Waals surface area contributed by atoms with Gasteiger partial charge in [0.15, 0.2) is 0 Å². The molecule has 3 unspecified atom stereocenters. The molecule has 2 fully saturated rings. The minimum absolute atomic E-state index is 0.0507. The van der Waals surface area contributed by atoms with Crippen LogP contribution in [0.25, 0.3) is 0 Å². The quantitative estimate of drug-likeness (QED) is 0.385. The van der Waals surface area contributed by atoms with Crippen LogP contribution in [-0.2, 0) is 20.8 Å². The number of benzene rings is 1. The molecule has 1 aromatic rings. The van der Waals surface area contributed by atoms with Gasteiger partial charge in [0.2, 0.25) is 11.8 Å². The van der Waals surface area contributed by atoms with Gasteiger partial charge in [-0.15, -0.1) is 0 Å². The van der Waals surface area contributed by atoms with Crippen LogP contribution >= 0.6 is 0 Å². The van der Waals surface area contributed by atoms with E-state index in [9.17, 15) is 19.5 Å². The van der Waals surface area contributed by atoms with Crippen molar-refractivity contribution in [3.05, 3.63) is 29.3 Å². The molecule has 2 saturated heterocycles. The fourth-order valence-electron chi connectivity index (χ4n) is 6.34. The maximum absolute atomic E-state index is 13.7. The molecule has 2 amide bonds. The molecule has 3 aliphatic heterocycles. The van der Waals surface area contributed by atoms with E-state index in [0.29, 0.717) is 45.8 Å². The third-order valence-electron chi connectivity index (χ3n) is 8.48. The van der Waals surface area contributed by atoms with Gasteiger partial charge in [-0.2, -0.15) is 0 Å². The summed E-state index contributed by atoms with van der Waals surface area (Å²) in [5.41, 5.74) is 2.09. The molecule has 1 N–H and O–H groups in total. The van der Waals surface area contributed by atoms with Crippen LogP contribution < -0.4 is 4.74 Å². The summed E-state index contributed by atoms with van der Waals surface area (Å²) < 4.78 is 6.52. The third-order valence-corrected chi connectivity index (χ3v) is 8.48. The first-order valence-corrected chi connectivity index (χ1v) is 14.7. The average molecular weight is 544 g/mol. The Labute approximate surface area is 233 Å². The summed E-state index contributed by atoms with van der Waals surface area (Å²) in [4.78, 5) is 44.9. The van der Waals surface area contributed by atoms with E-state index in [1.54, 1.807) is 4.90 Å². The zero-order chi connectivity index (χ0) is 28.2. The predicted octanol–water partition coefficient (Wildman–Crippen LogP) is 2.44. The lowest BCUT2D eigenvalue weighted by Gasteiger charge is -2.32. The molecule has 3 atom stereocenters. The number of quaternary nitrogens is 1. The van der Waals surface area contributed by atoms with E-state index in [-0.39, 0.29) is 24.3 Å². The van der Waals surface area contributed by atoms with E-state index in [0.717, 1.165) is 60.0 Å². The first kappa shape index (κ1) is 29.3. The average Bonchev–Trinajstić information content (AvgIpc) is 3.59.